The molecule has 0 unspecified atom stereocenters. The maximum Gasteiger partial charge on any atom is 0.213 e. The normalized spacial score (nSPS) is 29.3. The van der Waals surface area contributed by atoms with E-state index in [0.29, 0.717) is 28.9 Å². The predicted molar refractivity (Wildman–Crippen MR) is 67.8 cm³/mol. The highest BCUT2D eigenvalue weighted by Gasteiger charge is 2.41. The van der Waals surface area contributed by atoms with Crippen molar-refractivity contribution in [3.8, 4) is 0 Å². The van der Waals surface area contributed by atoms with Crippen molar-refractivity contribution < 1.29 is 9.90 Å². The number of aliphatic hydroxyl groups is 1. The second-order valence-corrected chi connectivity index (χ2v) is 5.86. The van der Waals surface area contributed by atoms with Crippen LogP contribution in [0.25, 0.3) is 0 Å². The van der Waals surface area contributed by atoms with Crippen molar-refractivity contribution >= 4 is 21.7 Å². The summed E-state index contributed by atoms with van der Waals surface area (Å²) < 4.78 is 2.17. The lowest BCUT2D eigenvalue weighted by atomic mass is 9.76. The Balaban J connectivity index is 2.26. The van der Waals surface area contributed by atoms with E-state index in [1.54, 1.807) is 13.2 Å². The van der Waals surface area contributed by atoms with Crippen molar-refractivity contribution in [2.45, 2.75) is 38.2 Å². The molecule has 1 fully saturated rings. The summed E-state index contributed by atoms with van der Waals surface area (Å²) in [4.78, 5) is 12.4. The molecule has 5 heteroatoms. The van der Waals surface area contributed by atoms with Crippen LogP contribution in [0, 0.1) is 5.92 Å². The summed E-state index contributed by atoms with van der Waals surface area (Å²) in [5.41, 5.74) is -0.745. The van der Waals surface area contributed by atoms with Crippen LogP contribution in [0.3, 0.4) is 0 Å². The molecule has 0 amide bonds. The summed E-state index contributed by atoms with van der Waals surface area (Å²) in [5, 5.41) is 14.5. The zero-order valence-electron chi connectivity index (χ0n) is 10.1. The number of aryl methyl sites for hydroxylation is 1. The highest BCUT2D eigenvalue weighted by molar-refractivity contribution is 9.10. The number of rotatable bonds is 2. The van der Waals surface area contributed by atoms with E-state index in [1.165, 1.54) is 4.68 Å². The lowest BCUT2D eigenvalue weighted by Crippen LogP contribution is -2.42. The summed E-state index contributed by atoms with van der Waals surface area (Å²) >= 11 is 3.31. The minimum atomic E-state index is -1.21. The molecule has 1 N–H and O–H groups in total. The van der Waals surface area contributed by atoms with Gasteiger partial charge in [-0.05, 0) is 47.5 Å². The summed E-state index contributed by atoms with van der Waals surface area (Å²) in [6.45, 7) is 2.16. The third-order valence-electron chi connectivity index (χ3n) is 3.63. The predicted octanol–water partition coefficient (Wildman–Crippen LogP) is 2.31. The standard InChI is InChI=1S/C12H17BrN2O2/c1-8-3-5-12(17,6-4-8)11(16)10-9(13)7-14-15(10)2/h7-8,17H,3-6H2,1-2H3. The average molecular weight is 301 g/mol. The van der Waals surface area contributed by atoms with Crippen LogP contribution >= 0.6 is 15.9 Å². The third kappa shape index (κ3) is 2.31. The number of ketones is 1. The minimum Gasteiger partial charge on any atom is -0.382 e. The number of hydrogen-bond donors (Lipinski definition) is 1. The maximum absolute atomic E-state index is 12.4. The van der Waals surface area contributed by atoms with Gasteiger partial charge < -0.3 is 5.11 Å². The number of carbonyl (C=O) groups excluding carboxylic acids is 1. The highest BCUT2D eigenvalue weighted by atomic mass is 79.9. The molecule has 2 rings (SSSR count). The molecular weight excluding hydrogens is 284 g/mol. The van der Waals surface area contributed by atoms with E-state index in [0.717, 1.165) is 12.8 Å². The van der Waals surface area contributed by atoms with Gasteiger partial charge in [-0.15, -0.1) is 0 Å². The van der Waals surface area contributed by atoms with Gasteiger partial charge >= 0.3 is 0 Å². The number of aromatic nitrogens is 2. The Morgan fingerprint density at radius 1 is 1.59 bits per heavy atom. The van der Waals surface area contributed by atoms with Gasteiger partial charge in [0, 0.05) is 7.05 Å². The zero-order valence-corrected chi connectivity index (χ0v) is 11.7. The molecule has 1 aliphatic carbocycles. The molecular formula is C12H17BrN2O2. The first-order chi connectivity index (χ1) is 7.94. The Hall–Kier alpha value is -0.680. The van der Waals surface area contributed by atoms with E-state index in [9.17, 15) is 9.90 Å². The molecule has 0 saturated heterocycles. The molecule has 0 aromatic carbocycles. The lowest BCUT2D eigenvalue weighted by Gasteiger charge is -2.33. The second-order valence-electron chi connectivity index (χ2n) is 5.01. The molecule has 1 aliphatic rings. The molecule has 0 aliphatic heterocycles. The monoisotopic (exact) mass is 300 g/mol. The largest absolute Gasteiger partial charge is 0.382 e. The second kappa shape index (κ2) is 4.53. The summed E-state index contributed by atoms with van der Waals surface area (Å²) in [6, 6.07) is 0. The smallest absolute Gasteiger partial charge is 0.213 e. The van der Waals surface area contributed by atoms with E-state index < -0.39 is 5.60 Å². The molecule has 4 nitrogen and oxygen atoms in total. The number of halogens is 1. The summed E-state index contributed by atoms with van der Waals surface area (Å²) in [6.07, 6.45) is 4.48. The SMILES string of the molecule is CC1CCC(O)(C(=O)c2c(Br)cnn2C)CC1. The average Bonchev–Trinajstić information content (AvgIpc) is 2.62. The Kier molecular flexibility index (Phi) is 3.41. The number of hydrogen-bond acceptors (Lipinski definition) is 3. The Morgan fingerprint density at radius 2 is 2.18 bits per heavy atom. The molecule has 0 atom stereocenters. The van der Waals surface area contributed by atoms with Gasteiger partial charge in [-0.2, -0.15) is 5.10 Å². The van der Waals surface area contributed by atoms with Crippen molar-refractivity contribution in [2.24, 2.45) is 13.0 Å². The summed E-state index contributed by atoms with van der Waals surface area (Å²) in [5.74, 6) is 0.384. The van der Waals surface area contributed by atoms with Gasteiger partial charge in [0.05, 0.1) is 10.7 Å². The number of nitrogens with zero attached hydrogens (tertiary/aromatic N) is 2. The fourth-order valence-corrected chi connectivity index (χ4v) is 2.88. The van der Waals surface area contributed by atoms with Gasteiger partial charge in [-0.25, -0.2) is 0 Å². The van der Waals surface area contributed by atoms with Crippen LogP contribution in [-0.4, -0.2) is 26.3 Å². The van der Waals surface area contributed by atoms with Gasteiger partial charge in [-0.1, -0.05) is 6.92 Å². The Labute approximate surface area is 109 Å². The molecule has 1 aromatic heterocycles. The van der Waals surface area contributed by atoms with Crippen molar-refractivity contribution in [1.82, 2.24) is 9.78 Å². The van der Waals surface area contributed by atoms with Gasteiger partial charge in [0.1, 0.15) is 11.3 Å². The first kappa shape index (κ1) is 12.8. The van der Waals surface area contributed by atoms with E-state index in [2.05, 4.69) is 28.0 Å². The molecule has 94 valence electrons. The number of carbonyl (C=O) groups is 1. The first-order valence-electron chi connectivity index (χ1n) is 5.89. The van der Waals surface area contributed by atoms with Crippen LogP contribution < -0.4 is 0 Å². The lowest BCUT2D eigenvalue weighted by molar-refractivity contribution is 0.00338. The van der Waals surface area contributed by atoms with Gasteiger partial charge in [-0.3, -0.25) is 9.48 Å². The van der Waals surface area contributed by atoms with Crippen LogP contribution in [0.1, 0.15) is 43.1 Å². The van der Waals surface area contributed by atoms with Crippen molar-refractivity contribution in [2.75, 3.05) is 0 Å². The molecule has 17 heavy (non-hydrogen) atoms. The Bertz CT molecular complexity index is 414. The Morgan fingerprint density at radius 3 is 2.65 bits per heavy atom. The van der Waals surface area contributed by atoms with E-state index >= 15 is 0 Å². The van der Waals surface area contributed by atoms with E-state index in [4.69, 9.17) is 0 Å². The topological polar surface area (TPSA) is 55.1 Å². The minimum absolute atomic E-state index is 0.212. The zero-order chi connectivity index (χ0) is 12.6. The fraction of sp³-hybridized carbons (Fsp3) is 0.667. The molecule has 0 bridgehead atoms. The van der Waals surface area contributed by atoms with Crippen molar-refractivity contribution in [3.63, 3.8) is 0 Å². The van der Waals surface area contributed by atoms with Crippen LogP contribution in [-0.2, 0) is 7.05 Å². The quantitative estimate of drug-likeness (QED) is 0.853. The molecule has 1 aromatic rings. The van der Waals surface area contributed by atoms with Gasteiger partial charge in [0.2, 0.25) is 5.78 Å². The van der Waals surface area contributed by atoms with Crippen LogP contribution in [0.2, 0.25) is 0 Å². The molecule has 1 saturated carbocycles. The van der Waals surface area contributed by atoms with Crippen molar-refractivity contribution in [1.29, 1.82) is 0 Å². The maximum atomic E-state index is 12.4. The fourth-order valence-electron chi connectivity index (χ4n) is 2.35. The van der Waals surface area contributed by atoms with Crippen molar-refractivity contribution in [3.05, 3.63) is 16.4 Å². The molecule has 0 radical (unpaired) electrons. The van der Waals surface area contributed by atoms with E-state index in [1.807, 2.05) is 0 Å². The molecule has 0 spiro atoms. The van der Waals surface area contributed by atoms with Crippen LogP contribution in [0.15, 0.2) is 10.7 Å². The van der Waals surface area contributed by atoms with Crippen LogP contribution in [0.5, 0.6) is 0 Å². The first-order valence-corrected chi connectivity index (χ1v) is 6.68. The highest BCUT2D eigenvalue weighted by Crippen LogP contribution is 2.35. The van der Waals surface area contributed by atoms with Crippen LogP contribution in [0.4, 0.5) is 0 Å². The third-order valence-corrected chi connectivity index (χ3v) is 4.21. The number of Topliss-reactive ketones (excluding diaryl/α,β-unsaturated/α-hetero) is 1. The van der Waals surface area contributed by atoms with Gasteiger partial charge in [0.25, 0.3) is 0 Å². The van der Waals surface area contributed by atoms with E-state index in [-0.39, 0.29) is 5.78 Å². The van der Waals surface area contributed by atoms with Gasteiger partial charge in [0.15, 0.2) is 0 Å². The summed E-state index contributed by atoms with van der Waals surface area (Å²) in [7, 11) is 1.72. The molecule has 1 heterocycles.